The van der Waals surface area contributed by atoms with Crippen LogP contribution in [0.4, 0.5) is 0 Å². The number of hydrogen-bond acceptors (Lipinski definition) is 7. The summed E-state index contributed by atoms with van der Waals surface area (Å²) in [5.41, 5.74) is 2.26. The van der Waals surface area contributed by atoms with Crippen LogP contribution in [0.2, 0.25) is 0 Å². The van der Waals surface area contributed by atoms with E-state index in [1.807, 2.05) is 16.8 Å². The summed E-state index contributed by atoms with van der Waals surface area (Å²) in [5, 5.41) is 17.2. The normalized spacial score (nSPS) is 15.5. The molecule has 4 rings (SSSR count). The van der Waals surface area contributed by atoms with Crippen LogP contribution in [0, 0.1) is 0 Å². The number of benzene rings is 1. The highest BCUT2D eigenvalue weighted by atomic mass is 32.2. The van der Waals surface area contributed by atoms with Gasteiger partial charge in [0, 0.05) is 5.56 Å². The molecule has 0 atom stereocenters. The molecule has 1 aromatic carbocycles. The third kappa shape index (κ3) is 4.21. The summed E-state index contributed by atoms with van der Waals surface area (Å²) in [6.45, 7) is 4.36. The SMILES string of the molecule is CC(C)c1ccc(-c2noc(CSc3nnnn3C3CCCCC3)n2)cc1. The van der Waals surface area contributed by atoms with E-state index in [2.05, 4.69) is 51.6 Å². The predicted molar refractivity (Wildman–Crippen MR) is 103 cm³/mol. The fraction of sp³-hybridized carbons (Fsp3) is 0.526. The van der Waals surface area contributed by atoms with Crippen molar-refractivity contribution in [1.82, 2.24) is 30.3 Å². The summed E-state index contributed by atoms with van der Waals surface area (Å²) in [6.07, 6.45) is 6.10. The number of aromatic nitrogens is 6. The van der Waals surface area contributed by atoms with Gasteiger partial charge in [-0.1, -0.05) is 74.3 Å². The van der Waals surface area contributed by atoms with Crippen LogP contribution in [0.3, 0.4) is 0 Å². The van der Waals surface area contributed by atoms with Gasteiger partial charge in [0.15, 0.2) is 0 Å². The molecule has 1 aliphatic carbocycles. The molecule has 0 N–H and O–H groups in total. The Balaban J connectivity index is 1.41. The van der Waals surface area contributed by atoms with Crippen molar-refractivity contribution in [1.29, 1.82) is 0 Å². The zero-order valence-corrected chi connectivity index (χ0v) is 16.5. The minimum atomic E-state index is 0.411. The van der Waals surface area contributed by atoms with Gasteiger partial charge in [0.25, 0.3) is 0 Å². The number of rotatable bonds is 6. The molecule has 1 aliphatic rings. The quantitative estimate of drug-likeness (QED) is 0.572. The van der Waals surface area contributed by atoms with E-state index < -0.39 is 0 Å². The molecule has 7 nitrogen and oxygen atoms in total. The van der Waals surface area contributed by atoms with Gasteiger partial charge in [-0.3, -0.25) is 0 Å². The summed E-state index contributed by atoms with van der Waals surface area (Å²) in [7, 11) is 0. The molecule has 1 fully saturated rings. The third-order valence-electron chi connectivity index (χ3n) is 5.01. The molecule has 0 saturated heterocycles. The van der Waals surface area contributed by atoms with E-state index in [-0.39, 0.29) is 0 Å². The highest BCUT2D eigenvalue weighted by Crippen LogP contribution is 2.31. The van der Waals surface area contributed by atoms with Crippen molar-refractivity contribution in [3.63, 3.8) is 0 Å². The second kappa shape index (κ2) is 8.21. The fourth-order valence-electron chi connectivity index (χ4n) is 3.41. The van der Waals surface area contributed by atoms with E-state index in [4.69, 9.17) is 4.52 Å². The monoisotopic (exact) mass is 384 g/mol. The van der Waals surface area contributed by atoms with Crippen molar-refractivity contribution in [2.75, 3.05) is 0 Å². The Hall–Kier alpha value is -2.22. The van der Waals surface area contributed by atoms with Crippen LogP contribution in [0.5, 0.6) is 0 Å². The first kappa shape index (κ1) is 18.2. The smallest absolute Gasteiger partial charge is 0.237 e. The van der Waals surface area contributed by atoms with Crippen molar-refractivity contribution in [2.45, 2.75) is 68.8 Å². The Morgan fingerprint density at radius 2 is 1.93 bits per heavy atom. The lowest BCUT2D eigenvalue weighted by Crippen LogP contribution is -2.15. The Kier molecular flexibility index (Phi) is 5.52. The lowest BCUT2D eigenvalue weighted by Gasteiger charge is -2.21. The summed E-state index contributed by atoms with van der Waals surface area (Å²) in [5.74, 6) is 2.27. The number of thioether (sulfide) groups is 1. The Morgan fingerprint density at radius 3 is 2.67 bits per heavy atom. The van der Waals surface area contributed by atoms with Gasteiger partial charge < -0.3 is 4.52 Å². The minimum Gasteiger partial charge on any atom is -0.338 e. The molecule has 142 valence electrons. The van der Waals surface area contributed by atoms with Crippen LogP contribution in [-0.4, -0.2) is 30.3 Å². The predicted octanol–water partition coefficient (Wildman–Crippen LogP) is 4.64. The number of nitrogens with zero attached hydrogens (tertiary/aromatic N) is 6. The molecule has 0 radical (unpaired) electrons. The average molecular weight is 385 g/mol. The van der Waals surface area contributed by atoms with Crippen LogP contribution in [0.25, 0.3) is 11.4 Å². The maximum Gasteiger partial charge on any atom is 0.237 e. The van der Waals surface area contributed by atoms with Crippen molar-refractivity contribution in [2.24, 2.45) is 0 Å². The van der Waals surface area contributed by atoms with Crippen LogP contribution < -0.4 is 0 Å². The second-order valence-corrected chi connectivity index (χ2v) is 8.22. The first-order chi connectivity index (χ1) is 13.2. The molecule has 27 heavy (non-hydrogen) atoms. The summed E-state index contributed by atoms with van der Waals surface area (Å²) in [6, 6.07) is 8.72. The zero-order valence-electron chi connectivity index (χ0n) is 15.7. The van der Waals surface area contributed by atoms with Crippen molar-refractivity contribution >= 4 is 11.8 Å². The number of hydrogen-bond donors (Lipinski definition) is 0. The molecule has 0 aliphatic heterocycles. The van der Waals surface area contributed by atoms with E-state index in [1.165, 1.54) is 24.8 Å². The lowest BCUT2D eigenvalue weighted by atomic mass is 9.96. The number of tetrazole rings is 1. The Bertz CT molecular complexity index is 866. The molecule has 1 saturated carbocycles. The summed E-state index contributed by atoms with van der Waals surface area (Å²) in [4.78, 5) is 4.52. The van der Waals surface area contributed by atoms with Crippen molar-refractivity contribution < 1.29 is 4.52 Å². The van der Waals surface area contributed by atoms with Crippen LogP contribution in [0.1, 0.15) is 69.4 Å². The third-order valence-corrected chi connectivity index (χ3v) is 5.93. The van der Waals surface area contributed by atoms with Gasteiger partial charge in [-0.2, -0.15) is 4.98 Å². The molecule has 0 spiro atoms. The van der Waals surface area contributed by atoms with Gasteiger partial charge in [-0.05, 0) is 34.7 Å². The lowest BCUT2D eigenvalue weighted by molar-refractivity contribution is 0.307. The maximum atomic E-state index is 5.42. The van der Waals surface area contributed by atoms with E-state index in [9.17, 15) is 0 Å². The molecule has 0 bridgehead atoms. The molecule has 8 heteroatoms. The van der Waals surface area contributed by atoms with Gasteiger partial charge in [0.05, 0.1) is 11.8 Å². The molecule has 3 aromatic rings. The highest BCUT2D eigenvalue weighted by Gasteiger charge is 2.21. The topological polar surface area (TPSA) is 82.5 Å². The van der Waals surface area contributed by atoms with Gasteiger partial charge in [-0.25, -0.2) is 4.68 Å². The molecule has 0 unspecified atom stereocenters. The van der Waals surface area contributed by atoms with Crippen molar-refractivity contribution in [3.05, 3.63) is 35.7 Å². The molecular weight excluding hydrogens is 360 g/mol. The summed E-state index contributed by atoms with van der Waals surface area (Å²) < 4.78 is 7.38. The Morgan fingerprint density at radius 1 is 1.15 bits per heavy atom. The van der Waals surface area contributed by atoms with E-state index in [0.717, 1.165) is 23.6 Å². The van der Waals surface area contributed by atoms with Gasteiger partial charge in [0.2, 0.25) is 16.9 Å². The highest BCUT2D eigenvalue weighted by molar-refractivity contribution is 7.98. The first-order valence-corrected chi connectivity index (χ1v) is 10.5. The largest absolute Gasteiger partial charge is 0.338 e. The molecule has 2 heterocycles. The van der Waals surface area contributed by atoms with E-state index >= 15 is 0 Å². The first-order valence-electron chi connectivity index (χ1n) is 9.54. The fourth-order valence-corrected chi connectivity index (χ4v) is 4.19. The summed E-state index contributed by atoms with van der Waals surface area (Å²) >= 11 is 1.55. The van der Waals surface area contributed by atoms with Gasteiger partial charge >= 0.3 is 0 Å². The second-order valence-electron chi connectivity index (χ2n) is 7.27. The standard InChI is InChI=1S/C19H24N6OS/c1-13(2)14-8-10-15(11-9-14)18-20-17(26-22-18)12-27-19-21-23-24-25(19)16-6-4-3-5-7-16/h8-11,13,16H,3-7,12H2,1-2H3. The van der Waals surface area contributed by atoms with Gasteiger partial charge in [0.1, 0.15) is 0 Å². The molecular formula is C19H24N6OS. The zero-order chi connectivity index (χ0) is 18.6. The van der Waals surface area contributed by atoms with E-state index in [0.29, 0.717) is 29.4 Å². The van der Waals surface area contributed by atoms with Crippen LogP contribution in [0.15, 0.2) is 33.9 Å². The van der Waals surface area contributed by atoms with Gasteiger partial charge in [-0.15, -0.1) is 5.10 Å². The van der Waals surface area contributed by atoms with Crippen molar-refractivity contribution in [3.8, 4) is 11.4 Å². The maximum absolute atomic E-state index is 5.42. The average Bonchev–Trinajstić information content (AvgIpc) is 3.36. The minimum absolute atomic E-state index is 0.411. The molecule has 2 aromatic heterocycles. The van der Waals surface area contributed by atoms with E-state index in [1.54, 1.807) is 11.8 Å². The van der Waals surface area contributed by atoms with Crippen LogP contribution >= 0.6 is 11.8 Å². The van der Waals surface area contributed by atoms with Crippen LogP contribution in [-0.2, 0) is 5.75 Å². The Labute approximate surface area is 162 Å². The molecule has 0 amide bonds.